The largest absolute Gasteiger partial charge is 0.351 e. The van der Waals surface area contributed by atoms with E-state index in [1.807, 2.05) is 24.4 Å². The first-order valence-corrected chi connectivity index (χ1v) is 14.8. The second-order valence-corrected chi connectivity index (χ2v) is 11.7. The van der Waals surface area contributed by atoms with Crippen LogP contribution < -0.4 is 10.6 Å². The van der Waals surface area contributed by atoms with Gasteiger partial charge >= 0.3 is 0 Å². The van der Waals surface area contributed by atoms with Crippen molar-refractivity contribution in [1.29, 1.82) is 0 Å². The Kier molecular flexibility index (Phi) is 8.97. The molecule has 2 aliphatic rings. The van der Waals surface area contributed by atoms with Gasteiger partial charge in [-0.2, -0.15) is 19.6 Å². The molecule has 4 heterocycles. The fraction of sp³-hybridized carbons (Fsp3) is 0.516. The van der Waals surface area contributed by atoms with E-state index in [0.717, 1.165) is 61.1 Å². The Hall–Kier alpha value is -3.79. The van der Waals surface area contributed by atoms with E-state index in [1.165, 1.54) is 6.08 Å². The van der Waals surface area contributed by atoms with Crippen LogP contribution in [0.1, 0.15) is 62.1 Å². The van der Waals surface area contributed by atoms with Crippen LogP contribution >= 0.6 is 0 Å². The number of carbonyl (C=O) groups excluding carboxylic acids is 2. The Bertz CT molecular complexity index is 1390. The van der Waals surface area contributed by atoms with Gasteiger partial charge in [0.1, 0.15) is 5.78 Å². The number of anilines is 2. The lowest BCUT2D eigenvalue weighted by molar-refractivity contribution is -0.130. The zero-order valence-electron chi connectivity index (χ0n) is 24.5. The molecule has 10 heteroatoms. The maximum Gasteiger partial charge on any atom is 0.245 e. The van der Waals surface area contributed by atoms with Gasteiger partial charge in [-0.05, 0) is 68.9 Å². The lowest BCUT2D eigenvalue weighted by Gasteiger charge is -2.31. The highest BCUT2D eigenvalue weighted by Gasteiger charge is 2.27. The molecule has 2 aromatic heterocycles. The Labute approximate surface area is 242 Å². The van der Waals surface area contributed by atoms with Gasteiger partial charge in [0.25, 0.3) is 0 Å². The molecule has 1 unspecified atom stereocenters. The molecular weight excluding hydrogens is 516 g/mol. The average molecular weight is 559 g/mol. The third kappa shape index (κ3) is 6.93. The van der Waals surface area contributed by atoms with Crippen LogP contribution in [-0.4, -0.2) is 80.3 Å². The molecule has 2 fully saturated rings. The van der Waals surface area contributed by atoms with E-state index in [9.17, 15) is 9.59 Å². The number of hydrogen-bond donors (Lipinski definition) is 2. The van der Waals surface area contributed by atoms with Gasteiger partial charge in [-0.15, -0.1) is 0 Å². The maximum absolute atomic E-state index is 13.1. The molecule has 1 atom stereocenters. The highest BCUT2D eigenvalue weighted by Crippen LogP contribution is 2.24. The van der Waals surface area contributed by atoms with Crippen molar-refractivity contribution in [3.8, 4) is 0 Å². The third-order valence-corrected chi connectivity index (χ3v) is 8.25. The van der Waals surface area contributed by atoms with E-state index in [2.05, 4.69) is 54.2 Å². The van der Waals surface area contributed by atoms with Gasteiger partial charge in [-0.25, -0.2) is 0 Å². The number of benzene rings is 1. The molecule has 2 N–H and O–H groups in total. The van der Waals surface area contributed by atoms with Crippen LogP contribution in [0.5, 0.6) is 0 Å². The summed E-state index contributed by atoms with van der Waals surface area (Å²) in [6.45, 7) is 11.7. The molecule has 0 spiro atoms. The molecule has 0 saturated carbocycles. The number of nitrogens with one attached hydrogen (secondary N) is 2. The number of fused-ring (bicyclic) bond motifs is 1. The van der Waals surface area contributed by atoms with E-state index in [0.29, 0.717) is 44.0 Å². The minimum Gasteiger partial charge on any atom is -0.351 e. The van der Waals surface area contributed by atoms with Crippen molar-refractivity contribution in [2.75, 3.05) is 43.9 Å². The number of Topliss-reactive ketones (excluding diaryl/α,β-unsaturated/α-hetero) is 1. The molecule has 1 aromatic carbocycles. The van der Waals surface area contributed by atoms with E-state index >= 15 is 0 Å². The van der Waals surface area contributed by atoms with Crippen LogP contribution in [0.15, 0.2) is 43.1 Å². The number of carbonyl (C=O) groups is 2. The highest BCUT2D eigenvalue weighted by molar-refractivity contribution is 5.88. The second kappa shape index (κ2) is 12.8. The minimum atomic E-state index is -0.130. The van der Waals surface area contributed by atoms with Crippen molar-refractivity contribution in [3.05, 3.63) is 59.8 Å². The number of nitrogens with zero attached hydrogens (tertiary/aromatic N) is 6. The van der Waals surface area contributed by atoms with Crippen LogP contribution in [-0.2, 0) is 22.6 Å². The van der Waals surface area contributed by atoms with Gasteiger partial charge in [-0.1, -0.05) is 44.7 Å². The molecule has 2 aliphatic heterocycles. The van der Waals surface area contributed by atoms with Crippen LogP contribution in [0, 0.1) is 5.92 Å². The van der Waals surface area contributed by atoms with E-state index in [4.69, 9.17) is 9.97 Å². The number of piperidine rings is 2. The third-order valence-electron chi connectivity index (χ3n) is 8.25. The number of ketones is 1. The molecule has 0 aliphatic carbocycles. The maximum atomic E-state index is 13.1. The molecule has 10 nitrogen and oxygen atoms in total. The van der Waals surface area contributed by atoms with Crippen molar-refractivity contribution < 1.29 is 9.59 Å². The summed E-state index contributed by atoms with van der Waals surface area (Å²) in [4.78, 5) is 38.9. The monoisotopic (exact) mass is 558 g/mol. The fourth-order valence-electron chi connectivity index (χ4n) is 5.76. The van der Waals surface area contributed by atoms with Gasteiger partial charge in [0.05, 0.1) is 6.20 Å². The van der Waals surface area contributed by atoms with Crippen molar-refractivity contribution in [2.24, 2.45) is 5.92 Å². The van der Waals surface area contributed by atoms with Gasteiger partial charge in [-0.3, -0.25) is 9.59 Å². The zero-order valence-corrected chi connectivity index (χ0v) is 24.5. The van der Waals surface area contributed by atoms with Crippen LogP contribution in [0.4, 0.5) is 11.9 Å². The fourth-order valence-corrected chi connectivity index (χ4v) is 5.76. The highest BCUT2D eigenvalue weighted by atomic mass is 16.2. The summed E-state index contributed by atoms with van der Waals surface area (Å²) in [6.07, 6.45) is 7.33. The predicted octanol–water partition coefficient (Wildman–Crippen LogP) is 3.90. The van der Waals surface area contributed by atoms with Crippen molar-refractivity contribution in [1.82, 2.24) is 29.4 Å². The van der Waals surface area contributed by atoms with Gasteiger partial charge < -0.3 is 20.4 Å². The molecule has 5 rings (SSSR count). The average Bonchev–Trinajstić information content (AvgIpc) is 3.41. The van der Waals surface area contributed by atoms with Gasteiger partial charge in [0.2, 0.25) is 17.8 Å². The van der Waals surface area contributed by atoms with Gasteiger partial charge in [0, 0.05) is 43.6 Å². The summed E-state index contributed by atoms with van der Waals surface area (Å²) in [7, 11) is 2.16. The van der Waals surface area contributed by atoms with Crippen molar-refractivity contribution in [3.63, 3.8) is 0 Å². The Morgan fingerprint density at radius 2 is 1.90 bits per heavy atom. The molecule has 1 amide bonds. The first-order chi connectivity index (χ1) is 19.8. The number of likely N-dealkylation sites (tertiary alicyclic amines) is 2. The molecule has 41 heavy (non-hydrogen) atoms. The molecule has 0 radical (unpaired) electrons. The van der Waals surface area contributed by atoms with Crippen molar-refractivity contribution >= 4 is 29.2 Å². The summed E-state index contributed by atoms with van der Waals surface area (Å²) in [6, 6.07) is 8.43. The Morgan fingerprint density at radius 1 is 1.12 bits per heavy atom. The smallest absolute Gasteiger partial charge is 0.245 e. The Balaban J connectivity index is 1.28. The minimum absolute atomic E-state index is 0.100. The summed E-state index contributed by atoms with van der Waals surface area (Å²) < 4.78 is 1.78. The summed E-state index contributed by atoms with van der Waals surface area (Å²) in [5, 5.41) is 11.6. The lowest BCUT2D eigenvalue weighted by atomic mass is 9.90. The quantitative estimate of drug-likeness (QED) is 0.361. The topological polar surface area (TPSA) is 108 Å². The standard InChI is InChI=1S/C31H42N8O2/c1-5-28(41)38-13-7-10-24(20-38)27(40)17-22-8-6-9-23(16-22)18-32-31-36-30(34-25-11-14-37(4)15-12-25)35-29-26(21(2)3)19-33-39(29)31/h5-6,8-9,16,19,21,24-25H,1,7,10-15,17-18,20H2,2-4H3,(H2,32,34,35,36). The lowest BCUT2D eigenvalue weighted by Crippen LogP contribution is -2.41. The predicted molar refractivity (Wildman–Crippen MR) is 161 cm³/mol. The Morgan fingerprint density at radius 3 is 2.66 bits per heavy atom. The number of amides is 1. The normalized spacial score (nSPS) is 18.5. The van der Waals surface area contributed by atoms with Crippen LogP contribution in [0.3, 0.4) is 0 Å². The first-order valence-electron chi connectivity index (χ1n) is 14.8. The zero-order chi connectivity index (χ0) is 28.9. The van der Waals surface area contributed by atoms with Crippen LogP contribution in [0.2, 0.25) is 0 Å². The van der Waals surface area contributed by atoms with E-state index < -0.39 is 0 Å². The summed E-state index contributed by atoms with van der Waals surface area (Å²) >= 11 is 0. The van der Waals surface area contributed by atoms with Crippen LogP contribution in [0.25, 0.3) is 5.65 Å². The molecule has 3 aromatic rings. The SMILES string of the molecule is C=CC(=O)N1CCCC(C(=O)Cc2cccc(CNc3nc(NC4CCN(C)CC4)nc4c(C(C)C)cnn34)c2)C1. The number of aromatic nitrogens is 4. The first kappa shape index (κ1) is 28.7. The van der Waals surface area contributed by atoms with E-state index in [1.54, 1.807) is 9.42 Å². The number of rotatable bonds is 10. The van der Waals surface area contributed by atoms with E-state index in [-0.39, 0.29) is 23.5 Å². The number of hydrogen-bond acceptors (Lipinski definition) is 8. The summed E-state index contributed by atoms with van der Waals surface area (Å²) in [5.74, 6) is 1.48. The summed E-state index contributed by atoms with van der Waals surface area (Å²) in [5.41, 5.74) is 3.91. The molecule has 0 bridgehead atoms. The van der Waals surface area contributed by atoms with Crippen molar-refractivity contribution in [2.45, 2.75) is 64.5 Å². The molecule has 218 valence electrons. The molecule has 2 saturated heterocycles. The molecular formula is C31H42N8O2. The second-order valence-electron chi connectivity index (χ2n) is 11.7. The van der Waals surface area contributed by atoms with Gasteiger partial charge in [0.15, 0.2) is 5.65 Å².